The molecule has 4 rings (SSSR count). The minimum atomic E-state index is 0.654. The van der Waals surface area contributed by atoms with Crippen molar-refractivity contribution >= 4 is 39.6 Å². The normalized spacial score (nSPS) is 12.5. The van der Waals surface area contributed by atoms with Gasteiger partial charge in [0.05, 0.1) is 0 Å². The van der Waals surface area contributed by atoms with Gasteiger partial charge in [-0.3, -0.25) is 0 Å². The summed E-state index contributed by atoms with van der Waals surface area (Å²) in [7, 11) is 0. The number of furan rings is 1. The van der Waals surface area contributed by atoms with Crippen LogP contribution in [0.2, 0.25) is 0 Å². The standard InChI is InChI=1S/C54H54N2O/c1-11-16-17-23-39-55(49-27-19-18-20-28-49)40-24-26-46(13-3)47-35-37-50(38-36-47)56(48(14-4)25-12-2)44(9)34-33-42(7)41(6)31-32-43(8)45(10)54-51(15-5)52-29-21-22-30-53(52)57-54/h11-39H,1,5-10,40H2,2-4H3. The lowest BCUT2D eigenvalue weighted by atomic mass is 10.00. The molecule has 0 spiro atoms. The third kappa shape index (κ3) is 11.5. The van der Waals surface area contributed by atoms with Crippen molar-refractivity contribution in [3.8, 4) is 0 Å². The summed E-state index contributed by atoms with van der Waals surface area (Å²) in [5.74, 6) is 0.654. The topological polar surface area (TPSA) is 19.6 Å². The van der Waals surface area contributed by atoms with Crippen LogP contribution < -0.4 is 9.80 Å². The summed E-state index contributed by atoms with van der Waals surface area (Å²) in [6.45, 7) is 36.0. The summed E-state index contributed by atoms with van der Waals surface area (Å²) in [5.41, 5.74) is 10.6. The fraction of sp³-hybridized carbons (Fsp3) is 0.0741. The van der Waals surface area contributed by atoms with E-state index >= 15 is 0 Å². The van der Waals surface area contributed by atoms with Crippen LogP contribution in [0, 0.1) is 0 Å². The van der Waals surface area contributed by atoms with Crippen LogP contribution in [0.5, 0.6) is 0 Å². The lowest BCUT2D eigenvalue weighted by Crippen LogP contribution is -2.19. The van der Waals surface area contributed by atoms with E-state index in [1.54, 1.807) is 12.2 Å². The predicted molar refractivity (Wildman–Crippen MR) is 253 cm³/mol. The number of anilines is 2. The molecule has 0 aliphatic rings. The van der Waals surface area contributed by atoms with Crippen molar-refractivity contribution in [3.05, 3.63) is 261 Å². The molecule has 1 heterocycles. The van der Waals surface area contributed by atoms with E-state index in [9.17, 15) is 0 Å². The van der Waals surface area contributed by atoms with Crippen LogP contribution in [0.3, 0.4) is 0 Å². The fourth-order valence-corrected chi connectivity index (χ4v) is 6.00. The summed E-state index contributed by atoms with van der Waals surface area (Å²) < 4.78 is 6.12. The first-order chi connectivity index (χ1) is 27.7. The Morgan fingerprint density at radius 1 is 0.649 bits per heavy atom. The van der Waals surface area contributed by atoms with Crippen LogP contribution in [-0.4, -0.2) is 6.54 Å². The van der Waals surface area contributed by atoms with Crippen LogP contribution in [0.1, 0.15) is 37.7 Å². The van der Waals surface area contributed by atoms with Crippen molar-refractivity contribution < 1.29 is 4.42 Å². The number of benzene rings is 3. The van der Waals surface area contributed by atoms with Crippen LogP contribution >= 0.6 is 0 Å². The van der Waals surface area contributed by atoms with E-state index in [0.29, 0.717) is 23.5 Å². The van der Waals surface area contributed by atoms with E-state index in [4.69, 9.17) is 4.42 Å². The predicted octanol–water partition coefficient (Wildman–Crippen LogP) is 15.1. The molecule has 57 heavy (non-hydrogen) atoms. The van der Waals surface area contributed by atoms with Gasteiger partial charge >= 0.3 is 0 Å². The van der Waals surface area contributed by atoms with E-state index in [1.807, 2.05) is 105 Å². The second-order valence-corrected chi connectivity index (χ2v) is 12.9. The molecule has 3 heteroatoms. The minimum absolute atomic E-state index is 0.654. The third-order valence-corrected chi connectivity index (χ3v) is 9.13. The van der Waals surface area contributed by atoms with Crippen molar-refractivity contribution in [2.24, 2.45) is 0 Å². The molecule has 0 unspecified atom stereocenters. The van der Waals surface area contributed by atoms with Gasteiger partial charge in [-0.05, 0) is 97.2 Å². The average Bonchev–Trinajstić information content (AvgIpc) is 3.62. The van der Waals surface area contributed by atoms with E-state index in [-0.39, 0.29) is 0 Å². The summed E-state index contributed by atoms with van der Waals surface area (Å²) in [5, 5.41) is 0.989. The molecule has 0 saturated carbocycles. The van der Waals surface area contributed by atoms with Gasteiger partial charge in [-0.2, -0.15) is 0 Å². The Balaban J connectivity index is 1.47. The zero-order valence-electron chi connectivity index (χ0n) is 33.7. The number of hydrogen-bond donors (Lipinski definition) is 0. The van der Waals surface area contributed by atoms with Crippen LogP contribution in [0.4, 0.5) is 11.4 Å². The summed E-state index contributed by atoms with van der Waals surface area (Å²) in [4.78, 5) is 4.33. The van der Waals surface area contributed by atoms with Gasteiger partial charge in [-0.15, -0.1) is 0 Å². The molecule has 1 aromatic heterocycles. The highest BCUT2D eigenvalue weighted by atomic mass is 16.3. The second-order valence-electron chi connectivity index (χ2n) is 12.9. The Labute approximate surface area is 341 Å². The van der Waals surface area contributed by atoms with Crippen LogP contribution in [0.15, 0.2) is 249 Å². The van der Waals surface area contributed by atoms with Gasteiger partial charge < -0.3 is 14.2 Å². The van der Waals surface area contributed by atoms with Crippen molar-refractivity contribution in [1.82, 2.24) is 0 Å². The molecule has 0 saturated heterocycles. The smallest absolute Gasteiger partial charge is 0.142 e. The minimum Gasteiger partial charge on any atom is -0.455 e. The SMILES string of the molecule is C=CC=CC=CN(CC=CC(=CC)c1ccc(N(C(=C)C=CC(=C)C(=C)C=CC(=C)C(=C)c2oc3ccccc3c2C=C)C(C=CC)=CC)cc1)c1ccccc1. The van der Waals surface area contributed by atoms with Crippen molar-refractivity contribution in [1.29, 1.82) is 0 Å². The monoisotopic (exact) mass is 746 g/mol. The van der Waals surface area contributed by atoms with Crippen LogP contribution in [-0.2, 0) is 0 Å². The molecular formula is C54H54N2O. The molecule has 0 aliphatic heterocycles. The first kappa shape index (κ1) is 42.6. The molecule has 0 amide bonds. The van der Waals surface area contributed by atoms with Gasteiger partial charge in [0.15, 0.2) is 0 Å². The molecule has 0 radical (unpaired) electrons. The Morgan fingerprint density at radius 2 is 1.32 bits per heavy atom. The largest absolute Gasteiger partial charge is 0.455 e. The number of fused-ring (bicyclic) bond motifs is 1. The Kier molecular flexibility index (Phi) is 16.2. The molecule has 4 aromatic rings. The highest BCUT2D eigenvalue weighted by Crippen LogP contribution is 2.34. The van der Waals surface area contributed by atoms with Crippen molar-refractivity contribution in [2.45, 2.75) is 20.8 Å². The van der Waals surface area contributed by atoms with E-state index in [2.05, 4.69) is 136 Å². The molecule has 0 N–H and O–H groups in total. The molecule has 286 valence electrons. The van der Waals surface area contributed by atoms with Crippen molar-refractivity contribution in [3.63, 3.8) is 0 Å². The molecule has 0 fully saturated rings. The maximum atomic E-state index is 6.12. The van der Waals surface area contributed by atoms with Gasteiger partial charge in [-0.1, -0.05) is 167 Å². The summed E-state index contributed by atoms with van der Waals surface area (Å²) in [6.07, 6.45) is 31.8. The quantitative estimate of drug-likeness (QED) is 0.0840. The highest BCUT2D eigenvalue weighted by Gasteiger charge is 2.16. The number of hydrogen-bond acceptors (Lipinski definition) is 3. The lowest BCUT2D eigenvalue weighted by Gasteiger charge is -2.27. The van der Waals surface area contributed by atoms with Gasteiger partial charge in [0, 0.05) is 52.0 Å². The second kappa shape index (κ2) is 21.7. The summed E-state index contributed by atoms with van der Waals surface area (Å²) in [6, 6.07) is 26.7. The maximum Gasteiger partial charge on any atom is 0.142 e. The van der Waals surface area contributed by atoms with Gasteiger partial charge in [0.1, 0.15) is 11.3 Å². The van der Waals surface area contributed by atoms with Gasteiger partial charge in [0.2, 0.25) is 0 Å². The summed E-state index contributed by atoms with van der Waals surface area (Å²) >= 11 is 0. The number of rotatable bonds is 20. The van der Waals surface area contributed by atoms with E-state index in [1.165, 1.54) is 0 Å². The van der Waals surface area contributed by atoms with E-state index in [0.717, 1.165) is 61.6 Å². The molecular weight excluding hydrogens is 693 g/mol. The average molecular weight is 747 g/mol. The Morgan fingerprint density at radius 3 is 1.96 bits per heavy atom. The first-order valence-electron chi connectivity index (χ1n) is 18.9. The van der Waals surface area contributed by atoms with Gasteiger partial charge in [0.25, 0.3) is 0 Å². The number of allylic oxidation sites excluding steroid dienone is 18. The Bertz CT molecular complexity index is 2360. The third-order valence-electron chi connectivity index (χ3n) is 9.13. The lowest BCUT2D eigenvalue weighted by molar-refractivity contribution is 0.600. The molecule has 3 nitrogen and oxygen atoms in total. The number of para-hydroxylation sites is 2. The fourth-order valence-electron chi connectivity index (χ4n) is 6.00. The van der Waals surface area contributed by atoms with E-state index < -0.39 is 0 Å². The number of nitrogens with zero attached hydrogens (tertiary/aromatic N) is 2. The highest BCUT2D eigenvalue weighted by molar-refractivity contribution is 5.95. The molecule has 0 atom stereocenters. The van der Waals surface area contributed by atoms with Gasteiger partial charge in [-0.25, -0.2) is 0 Å². The molecule has 0 bridgehead atoms. The molecule has 0 aliphatic carbocycles. The molecule has 3 aromatic carbocycles. The first-order valence-corrected chi connectivity index (χ1v) is 18.9. The Hall–Kier alpha value is -7.10. The van der Waals surface area contributed by atoms with Crippen molar-refractivity contribution in [2.75, 3.05) is 16.3 Å². The zero-order chi connectivity index (χ0) is 41.2. The maximum absolute atomic E-state index is 6.12. The van der Waals surface area contributed by atoms with Crippen LogP contribution in [0.25, 0.3) is 28.2 Å². The zero-order valence-corrected chi connectivity index (χ0v) is 33.7.